The van der Waals surface area contributed by atoms with Crippen molar-refractivity contribution in [2.45, 2.75) is 25.5 Å². The molecule has 0 radical (unpaired) electrons. The molecule has 0 amide bonds. The van der Waals surface area contributed by atoms with Crippen molar-refractivity contribution in [1.29, 1.82) is 0 Å². The van der Waals surface area contributed by atoms with E-state index in [0.29, 0.717) is 12.6 Å². The van der Waals surface area contributed by atoms with E-state index in [9.17, 15) is 0 Å². The van der Waals surface area contributed by atoms with Gasteiger partial charge in [0.15, 0.2) is 0 Å². The van der Waals surface area contributed by atoms with E-state index < -0.39 is 0 Å². The quantitative estimate of drug-likeness (QED) is 0.799. The predicted octanol–water partition coefficient (Wildman–Crippen LogP) is 0.337. The highest BCUT2D eigenvalue weighted by Crippen LogP contribution is 2.24. The molecule has 1 aromatic heterocycles. The molecular formula is C11H18N4O. The van der Waals surface area contributed by atoms with Crippen molar-refractivity contribution in [3.8, 4) is 0 Å². The van der Waals surface area contributed by atoms with Crippen molar-refractivity contribution in [2.24, 2.45) is 5.73 Å². The maximum atomic E-state index is 5.78. The topological polar surface area (TPSA) is 64.3 Å². The van der Waals surface area contributed by atoms with Gasteiger partial charge in [0.25, 0.3) is 0 Å². The summed E-state index contributed by atoms with van der Waals surface area (Å²) in [5.74, 6) is 0.947. The van der Waals surface area contributed by atoms with E-state index in [-0.39, 0.29) is 6.10 Å². The molecule has 2 N–H and O–H groups in total. The summed E-state index contributed by atoms with van der Waals surface area (Å²) in [7, 11) is 1.74. The minimum Gasteiger partial charge on any atom is -0.380 e. The van der Waals surface area contributed by atoms with Crippen molar-refractivity contribution in [3.05, 3.63) is 18.1 Å². The first-order valence-electron chi connectivity index (χ1n) is 5.52. The predicted molar refractivity (Wildman–Crippen MR) is 62.4 cm³/mol. The summed E-state index contributed by atoms with van der Waals surface area (Å²) in [6, 6.07) is 2.31. The molecule has 5 heteroatoms. The molecule has 88 valence electrons. The fraction of sp³-hybridized carbons (Fsp3) is 0.636. The molecule has 0 aliphatic carbocycles. The highest BCUT2D eigenvalue weighted by Gasteiger charge is 2.31. The van der Waals surface area contributed by atoms with Gasteiger partial charge in [-0.25, -0.2) is 9.97 Å². The van der Waals surface area contributed by atoms with Crippen LogP contribution in [0.2, 0.25) is 0 Å². The van der Waals surface area contributed by atoms with Crippen LogP contribution in [0.25, 0.3) is 0 Å². The Kier molecular flexibility index (Phi) is 3.36. The molecule has 1 aliphatic rings. The molecule has 0 aromatic carbocycles. The Morgan fingerprint density at radius 2 is 2.38 bits per heavy atom. The maximum absolute atomic E-state index is 5.78. The summed E-state index contributed by atoms with van der Waals surface area (Å²) in [5, 5.41) is 0. The number of aryl methyl sites for hydroxylation is 1. The van der Waals surface area contributed by atoms with Gasteiger partial charge in [0.2, 0.25) is 0 Å². The minimum atomic E-state index is 0.254. The summed E-state index contributed by atoms with van der Waals surface area (Å²) >= 11 is 0. The second-order valence-electron chi connectivity index (χ2n) is 4.15. The number of rotatable bonds is 3. The zero-order chi connectivity index (χ0) is 11.5. The number of nitrogens with zero attached hydrogens (tertiary/aromatic N) is 3. The highest BCUT2D eigenvalue weighted by molar-refractivity contribution is 5.42. The van der Waals surface area contributed by atoms with E-state index in [0.717, 1.165) is 24.5 Å². The molecule has 2 atom stereocenters. The Bertz CT molecular complexity index is 358. The molecule has 2 heterocycles. The fourth-order valence-electron chi connectivity index (χ4n) is 2.15. The average molecular weight is 222 g/mol. The van der Waals surface area contributed by atoms with Gasteiger partial charge < -0.3 is 15.4 Å². The molecule has 1 saturated heterocycles. The first-order chi connectivity index (χ1) is 7.74. The maximum Gasteiger partial charge on any atom is 0.132 e. The van der Waals surface area contributed by atoms with Crippen molar-refractivity contribution in [3.63, 3.8) is 0 Å². The molecule has 16 heavy (non-hydrogen) atoms. The molecule has 5 nitrogen and oxygen atoms in total. The lowest BCUT2D eigenvalue weighted by molar-refractivity contribution is 0.118. The lowest BCUT2D eigenvalue weighted by atomic mass is 10.2. The zero-order valence-electron chi connectivity index (χ0n) is 9.76. The third-order valence-corrected chi connectivity index (χ3v) is 3.07. The van der Waals surface area contributed by atoms with E-state index in [1.807, 2.05) is 13.0 Å². The lowest BCUT2D eigenvalue weighted by Gasteiger charge is -2.24. The van der Waals surface area contributed by atoms with Crippen molar-refractivity contribution in [2.75, 3.05) is 25.1 Å². The zero-order valence-corrected chi connectivity index (χ0v) is 9.76. The molecule has 0 bridgehead atoms. The summed E-state index contributed by atoms with van der Waals surface area (Å²) in [6.07, 6.45) is 2.82. The molecule has 2 rings (SSSR count). The van der Waals surface area contributed by atoms with Crippen LogP contribution in [-0.2, 0) is 4.74 Å². The largest absolute Gasteiger partial charge is 0.380 e. The summed E-state index contributed by atoms with van der Waals surface area (Å²) in [6.45, 7) is 3.45. The van der Waals surface area contributed by atoms with E-state index in [1.165, 1.54) is 0 Å². The van der Waals surface area contributed by atoms with Crippen LogP contribution >= 0.6 is 0 Å². The van der Waals surface area contributed by atoms with E-state index >= 15 is 0 Å². The number of anilines is 1. The standard InChI is InChI=1S/C11H18N4O/c1-8-3-11(14-7-13-8)15-6-10(16-2)4-9(15)5-12/h3,7,9-10H,4-6,12H2,1-2H3/t9-,10-/m1/s1. The Labute approximate surface area is 95.6 Å². The molecule has 1 aromatic rings. The molecule has 0 unspecified atom stereocenters. The van der Waals surface area contributed by atoms with Crippen LogP contribution < -0.4 is 10.6 Å². The summed E-state index contributed by atoms with van der Waals surface area (Å²) in [4.78, 5) is 10.6. The first-order valence-corrected chi connectivity index (χ1v) is 5.52. The van der Waals surface area contributed by atoms with E-state index in [1.54, 1.807) is 13.4 Å². The van der Waals surface area contributed by atoms with Crippen LogP contribution in [0.4, 0.5) is 5.82 Å². The van der Waals surface area contributed by atoms with Crippen LogP contribution in [0.3, 0.4) is 0 Å². The van der Waals surface area contributed by atoms with E-state index in [4.69, 9.17) is 10.5 Å². The Morgan fingerprint density at radius 3 is 3.00 bits per heavy atom. The molecule has 1 fully saturated rings. The van der Waals surface area contributed by atoms with Crippen LogP contribution in [0.15, 0.2) is 12.4 Å². The number of hydrogen-bond donors (Lipinski definition) is 1. The SMILES string of the molecule is CO[C@@H]1C[C@H](CN)N(c2cc(C)ncn2)C1. The Balaban J connectivity index is 2.19. The second-order valence-corrected chi connectivity index (χ2v) is 4.15. The molecule has 1 aliphatic heterocycles. The van der Waals surface area contributed by atoms with Crippen LogP contribution in [-0.4, -0.2) is 42.3 Å². The van der Waals surface area contributed by atoms with E-state index in [2.05, 4.69) is 14.9 Å². The van der Waals surface area contributed by atoms with Gasteiger partial charge in [-0.2, -0.15) is 0 Å². The first kappa shape index (κ1) is 11.3. The second kappa shape index (κ2) is 4.76. The number of hydrogen-bond acceptors (Lipinski definition) is 5. The van der Waals surface area contributed by atoms with Crippen molar-refractivity contribution < 1.29 is 4.74 Å². The number of ether oxygens (including phenoxy) is 1. The molecular weight excluding hydrogens is 204 g/mol. The fourth-order valence-corrected chi connectivity index (χ4v) is 2.15. The Hall–Kier alpha value is -1.20. The summed E-state index contributed by atoms with van der Waals surface area (Å²) < 4.78 is 5.38. The van der Waals surface area contributed by atoms with Crippen molar-refractivity contribution in [1.82, 2.24) is 9.97 Å². The highest BCUT2D eigenvalue weighted by atomic mass is 16.5. The molecule has 0 spiro atoms. The third kappa shape index (κ3) is 2.15. The summed E-state index contributed by atoms with van der Waals surface area (Å²) in [5.41, 5.74) is 6.75. The smallest absolute Gasteiger partial charge is 0.132 e. The third-order valence-electron chi connectivity index (χ3n) is 3.07. The van der Waals surface area contributed by atoms with Crippen molar-refractivity contribution >= 4 is 5.82 Å². The van der Waals surface area contributed by atoms with Crippen LogP contribution in [0, 0.1) is 6.92 Å². The number of nitrogens with two attached hydrogens (primary N) is 1. The van der Waals surface area contributed by atoms with Gasteiger partial charge in [-0.05, 0) is 13.3 Å². The van der Waals surface area contributed by atoms with Gasteiger partial charge in [0.05, 0.1) is 6.10 Å². The number of methoxy groups -OCH3 is 1. The van der Waals surface area contributed by atoms with Gasteiger partial charge in [-0.3, -0.25) is 0 Å². The number of aromatic nitrogens is 2. The van der Waals surface area contributed by atoms with Gasteiger partial charge in [0, 0.05) is 38.0 Å². The lowest BCUT2D eigenvalue weighted by Crippen LogP contribution is -2.36. The monoisotopic (exact) mass is 222 g/mol. The normalized spacial score (nSPS) is 25.1. The van der Waals surface area contributed by atoms with Gasteiger partial charge >= 0.3 is 0 Å². The van der Waals surface area contributed by atoms with Gasteiger partial charge in [-0.1, -0.05) is 0 Å². The Morgan fingerprint density at radius 1 is 1.56 bits per heavy atom. The van der Waals surface area contributed by atoms with Gasteiger partial charge in [0.1, 0.15) is 12.1 Å². The average Bonchev–Trinajstić information content (AvgIpc) is 2.72. The van der Waals surface area contributed by atoms with Crippen LogP contribution in [0.1, 0.15) is 12.1 Å². The molecule has 0 saturated carbocycles. The minimum absolute atomic E-state index is 0.254. The van der Waals surface area contributed by atoms with Crippen LogP contribution in [0.5, 0.6) is 0 Å². The van der Waals surface area contributed by atoms with Gasteiger partial charge in [-0.15, -0.1) is 0 Å².